The lowest BCUT2D eigenvalue weighted by atomic mass is 9.95. The Morgan fingerprint density at radius 2 is 2.00 bits per heavy atom. The van der Waals surface area contributed by atoms with E-state index in [0.717, 1.165) is 22.9 Å². The van der Waals surface area contributed by atoms with Gasteiger partial charge < -0.3 is 19.5 Å². The Hall–Kier alpha value is -2.64. The van der Waals surface area contributed by atoms with Gasteiger partial charge in [-0.3, -0.25) is 9.59 Å². The summed E-state index contributed by atoms with van der Waals surface area (Å²) in [4.78, 5) is 27.5. The van der Waals surface area contributed by atoms with E-state index in [1.807, 2.05) is 24.3 Å². The van der Waals surface area contributed by atoms with Crippen LogP contribution in [0.3, 0.4) is 0 Å². The van der Waals surface area contributed by atoms with E-state index in [4.69, 9.17) is 9.47 Å². The highest BCUT2D eigenvalue weighted by molar-refractivity contribution is 9.10. The quantitative estimate of drug-likeness (QED) is 0.404. The van der Waals surface area contributed by atoms with E-state index < -0.39 is 17.7 Å². The van der Waals surface area contributed by atoms with E-state index in [1.165, 1.54) is 4.90 Å². The molecule has 0 saturated carbocycles. The third-order valence-corrected chi connectivity index (χ3v) is 5.99. The normalized spacial score (nSPS) is 23.2. The van der Waals surface area contributed by atoms with Gasteiger partial charge in [0.2, 0.25) is 0 Å². The Bertz CT molecular complexity index is 995. The Balaban J connectivity index is 1.81. The van der Waals surface area contributed by atoms with Crippen LogP contribution in [0.25, 0.3) is 5.76 Å². The number of ether oxygens (including phenoxy) is 2. The number of ketones is 1. The number of halogens is 1. The van der Waals surface area contributed by atoms with Crippen LogP contribution in [0.4, 0.5) is 0 Å². The molecule has 0 radical (unpaired) electrons. The van der Waals surface area contributed by atoms with Crippen LogP contribution in [-0.4, -0.2) is 48.1 Å². The summed E-state index contributed by atoms with van der Waals surface area (Å²) < 4.78 is 11.7. The lowest BCUT2D eigenvalue weighted by molar-refractivity contribution is -0.140. The van der Waals surface area contributed by atoms with Gasteiger partial charge in [0.15, 0.2) is 0 Å². The van der Waals surface area contributed by atoms with Gasteiger partial charge in [0.05, 0.1) is 24.8 Å². The predicted molar refractivity (Wildman–Crippen MR) is 115 cm³/mol. The van der Waals surface area contributed by atoms with Crippen molar-refractivity contribution in [1.82, 2.24) is 4.90 Å². The van der Waals surface area contributed by atoms with Gasteiger partial charge >= 0.3 is 0 Å². The lowest BCUT2D eigenvalue weighted by Crippen LogP contribution is -2.36. The van der Waals surface area contributed by atoms with Crippen molar-refractivity contribution in [1.29, 1.82) is 0 Å². The highest BCUT2D eigenvalue weighted by atomic mass is 79.9. The molecule has 6 nitrogen and oxygen atoms in total. The smallest absolute Gasteiger partial charge is 0.295 e. The minimum atomic E-state index is -0.689. The van der Waals surface area contributed by atoms with Crippen LogP contribution in [0.1, 0.15) is 30.0 Å². The molecule has 1 N–H and O–H groups in total. The van der Waals surface area contributed by atoms with E-state index in [-0.39, 0.29) is 17.4 Å². The largest absolute Gasteiger partial charge is 0.507 e. The van der Waals surface area contributed by atoms with E-state index in [2.05, 4.69) is 15.9 Å². The summed E-state index contributed by atoms with van der Waals surface area (Å²) in [6.45, 7) is 0.961. The van der Waals surface area contributed by atoms with Gasteiger partial charge in [0.25, 0.3) is 11.7 Å². The van der Waals surface area contributed by atoms with Gasteiger partial charge in [-0.2, -0.15) is 0 Å². The molecule has 0 aromatic heterocycles. The molecule has 2 aromatic rings. The molecule has 0 spiro atoms. The minimum Gasteiger partial charge on any atom is -0.507 e. The van der Waals surface area contributed by atoms with Crippen molar-refractivity contribution in [2.75, 3.05) is 20.3 Å². The molecule has 2 atom stereocenters. The first-order valence-corrected chi connectivity index (χ1v) is 10.6. The van der Waals surface area contributed by atoms with Gasteiger partial charge in [0, 0.05) is 23.2 Å². The van der Waals surface area contributed by atoms with Crippen LogP contribution in [0, 0.1) is 0 Å². The van der Waals surface area contributed by atoms with Crippen LogP contribution < -0.4 is 4.74 Å². The number of Topliss-reactive ketones (excluding diaryl/α,β-unsaturated/α-hetero) is 1. The standard InChI is InChI=1S/C23H22BrNO5/c1-29-17-9-7-14(8-10-17)21(26)19-20(15-4-2-5-16(24)12-15)25(23(28)22(19)27)13-18-6-3-11-30-18/h2,4-5,7-10,12,18,20,26H,3,6,11,13H2,1H3/b21-19+. The molecule has 156 valence electrons. The Labute approximate surface area is 183 Å². The molecular formula is C23H22BrNO5. The van der Waals surface area contributed by atoms with Crippen molar-refractivity contribution in [3.8, 4) is 5.75 Å². The van der Waals surface area contributed by atoms with Crippen molar-refractivity contribution in [3.63, 3.8) is 0 Å². The number of carbonyl (C=O) groups excluding carboxylic acids is 2. The number of hydrogen-bond acceptors (Lipinski definition) is 5. The van der Waals surface area contributed by atoms with Gasteiger partial charge in [0.1, 0.15) is 11.5 Å². The monoisotopic (exact) mass is 471 g/mol. The molecule has 30 heavy (non-hydrogen) atoms. The number of nitrogens with zero attached hydrogens (tertiary/aromatic N) is 1. The maximum atomic E-state index is 13.0. The number of aliphatic hydroxyl groups is 1. The van der Waals surface area contributed by atoms with Crippen molar-refractivity contribution in [3.05, 3.63) is 69.7 Å². The molecule has 1 amide bonds. The summed E-state index contributed by atoms with van der Waals surface area (Å²) in [7, 11) is 1.55. The predicted octanol–water partition coefficient (Wildman–Crippen LogP) is 4.06. The van der Waals surface area contributed by atoms with Crippen molar-refractivity contribution < 1.29 is 24.2 Å². The van der Waals surface area contributed by atoms with Crippen LogP contribution in [0.2, 0.25) is 0 Å². The third-order valence-electron chi connectivity index (χ3n) is 5.49. The van der Waals surface area contributed by atoms with Gasteiger partial charge in [-0.05, 0) is 54.8 Å². The molecule has 0 aliphatic carbocycles. The minimum absolute atomic E-state index is 0.0845. The molecule has 0 bridgehead atoms. The number of hydrogen-bond donors (Lipinski definition) is 1. The second kappa shape index (κ2) is 8.62. The number of amides is 1. The molecule has 2 unspecified atom stereocenters. The zero-order valence-electron chi connectivity index (χ0n) is 16.5. The van der Waals surface area contributed by atoms with Crippen LogP contribution in [0.5, 0.6) is 5.75 Å². The summed E-state index contributed by atoms with van der Waals surface area (Å²) in [6.07, 6.45) is 1.66. The maximum Gasteiger partial charge on any atom is 0.295 e. The first-order chi connectivity index (χ1) is 14.5. The average Bonchev–Trinajstić information content (AvgIpc) is 3.36. The zero-order chi connectivity index (χ0) is 21.3. The Kier molecular flexibility index (Phi) is 5.92. The highest BCUT2D eigenvalue weighted by Gasteiger charge is 2.47. The summed E-state index contributed by atoms with van der Waals surface area (Å²) in [5, 5.41) is 11.0. The SMILES string of the molecule is COc1ccc(/C(O)=C2\C(=O)C(=O)N(CC3CCCO3)C2c2cccc(Br)c2)cc1. The molecule has 2 aliphatic rings. The van der Waals surface area contributed by atoms with Crippen molar-refractivity contribution in [2.45, 2.75) is 25.0 Å². The molecule has 2 saturated heterocycles. The van der Waals surface area contributed by atoms with Crippen molar-refractivity contribution >= 4 is 33.4 Å². The van der Waals surface area contributed by atoms with Gasteiger partial charge in [-0.15, -0.1) is 0 Å². The first-order valence-electron chi connectivity index (χ1n) is 9.79. The molecule has 4 rings (SSSR count). The van der Waals surface area contributed by atoms with E-state index in [1.54, 1.807) is 31.4 Å². The number of methoxy groups -OCH3 is 1. The number of carbonyl (C=O) groups is 2. The molecule has 7 heteroatoms. The van der Waals surface area contributed by atoms with Crippen molar-refractivity contribution in [2.24, 2.45) is 0 Å². The van der Waals surface area contributed by atoms with Crippen LogP contribution in [-0.2, 0) is 14.3 Å². The number of aliphatic hydroxyl groups excluding tert-OH is 1. The average molecular weight is 472 g/mol. The Morgan fingerprint density at radius 1 is 1.23 bits per heavy atom. The highest BCUT2D eigenvalue weighted by Crippen LogP contribution is 2.40. The zero-order valence-corrected chi connectivity index (χ0v) is 18.1. The summed E-state index contributed by atoms with van der Waals surface area (Å²) in [5.74, 6) is -0.874. The fourth-order valence-electron chi connectivity index (χ4n) is 4.00. The van der Waals surface area contributed by atoms with E-state index in [0.29, 0.717) is 24.5 Å². The third kappa shape index (κ3) is 3.87. The van der Waals surface area contributed by atoms with E-state index in [9.17, 15) is 14.7 Å². The van der Waals surface area contributed by atoms with Gasteiger partial charge in [-0.25, -0.2) is 0 Å². The first kappa shape index (κ1) is 20.6. The summed E-state index contributed by atoms with van der Waals surface area (Å²) >= 11 is 3.46. The topological polar surface area (TPSA) is 76.1 Å². The number of benzene rings is 2. The van der Waals surface area contributed by atoms with Gasteiger partial charge in [-0.1, -0.05) is 28.1 Å². The lowest BCUT2D eigenvalue weighted by Gasteiger charge is -2.27. The summed E-state index contributed by atoms with van der Waals surface area (Å²) in [6, 6.07) is 13.5. The second-order valence-corrected chi connectivity index (χ2v) is 8.29. The molecular weight excluding hydrogens is 450 g/mol. The molecule has 2 aromatic carbocycles. The Morgan fingerprint density at radius 3 is 2.63 bits per heavy atom. The number of rotatable bonds is 5. The summed E-state index contributed by atoms with van der Waals surface area (Å²) in [5.41, 5.74) is 1.28. The molecule has 2 aliphatic heterocycles. The second-order valence-electron chi connectivity index (χ2n) is 7.37. The maximum absolute atomic E-state index is 13.0. The number of likely N-dealkylation sites (tertiary alicyclic amines) is 1. The van der Waals surface area contributed by atoms with Crippen LogP contribution in [0.15, 0.2) is 58.6 Å². The fraction of sp³-hybridized carbons (Fsp3) is 0.304. The molecule has 2 fully saturated rings. The van der Waals surface area contributed by atoms with Crippen LogP contribution >= 0.6 is 15.9 Å². The molecule has 2 heterocycles. The van der Waals surface area contributed by atoms with E-state index >= 15 is 0 Å². The fourth-order valence-corrected chi connectivity index (χ4v) is 4.42.